The molecule has 0 saturated carbocycles. The van der Waals surface area contributed by atoms with Gasteiger partial charge in [0.15, 0.2) is 5.16 Å². The Bertz CT molecular complexity index is 548. The van der Waals surface area contributed by atoms with E-state index in [1.54, 1.807) is 0 Å². The molecule has 1 saturated heterocycles. The molecule has 20 heavy (non-hydrogen) atoms. The number of hydrogen-bond donors (Lipinski definition) is 1. The number of sulfonamides is 1. The van der Waals surface area contributed by atoms with Gasteiger partial charge in [-0.25, -0.2) is 18.4 Å². The van der Waals surface area contributed by atoms with E-state index < -0.39 is 10.0 Å². The van der Waals surface area contributed by atoms with E-state index in [9.17, 15) is 8.42 Å². The highest BCUT2D eigenvalue weighted by atomic mass is 32.2. The van der Waals surface area contributed by atoms with Crippen LogP contribution in [-0.4, -0.2) is 68.4 Å². The zero-order chi connectivity index (χ0) is 14.8. The maximum Gasteiger partial charge on any atom is 0.211 e. The van der Waals surface area contributed by atoms with Crippen LogP contribution < -0.4 is 10.2 Å². The number of anilines is 2. The van der Waals surface area contributed by atoms with Crippen LogP contribution in [0.1, 0.15) is 0 Å². The molecule has 112 valence electrons. The Morgan fingerprint density at radius 1 is 1.25 bits per heavy atom. The van der Waals surface area contributed by atoms with Gasteiger partial charge in [-0.15, -0.1) is 0 Å². The quantitative estimate of drug-likeness (QED) is 0.633. The molecule has 7 nitrogen and oxygen atoms in total. The lowest BCUT2D eigenvalue weighted by atomic mass is 10.3. The number of hydrogen-bond acceptors (Lipinski definition) is 7. The molecule has 1 fully saturated rings. The highest BCUT2D eigenvalue weighted by Crippen LogP contribution is 2.21. The summed E-state index contributed by atoms with van der Waals surface area (Å²) in [5.74, 6) is 1.60. The lowest BCUT2D eigenvalue weighted by Gasteiger charge is -2.34. The van der Waals surface area contributed by atoms with Crippen molar-refractivity contribution in [2.45, 2.75) is 5.16 Å². The Morgan fingerprint density at radius 2 is 1.90 bits per heavy atom. The number of thioether (sulfide) groups is 1. The highest BCUT2D eigenvalue weighted by molar-refractivity contribution is 7.98. The first-order valence-electron chi connectivity index (χ1n) is 6.25. The van der Waals surface area contributed by atoms with E-state index in [0.717, 1.165) is 11.6 Å². The van der Waals surface area contributed by atoms with Gasteiger partial charge >= 0.3 is 0 Å². The summed E-state index contributed by atoms with van der Waals surface area (Å²) in [6.45, 7) is 2.26. The zero-order valence-corrected chi connectivity index (χ0v) is 13.5. The number of piperazine rings is 1. The molecule has 0 radical (unpaired) electrons. The fourth-order valence-corrected chi connectivity index (χ4v) is 3.24. The van der Waals surface area contributed by atoms with Crippen LogP contribution in [0, 0.1) is 0 Å². The van der Waals surface area contributed by atoms with E-state index in [1.165, 1.54) is 22.3 Å². The van der Waals surface area contributed by atoms with Crippen molar-refractivity contribution in [2.24, 2.45) is 0 Å². The second-order valence-electron chi connectivity index (χ2n) is 4.50. The van der Waals surface area contributed by atoms with Crippen LogP contribution in [0.25, 0.3) is 0 Å². The second kappa shape index (κ2) is 6.15. The van der Waals surface area contributed by atoms with Crippen LogP contribution in [-0.2, 0) is 10.0 Å². The molecule has 1 aliphatic heterocycles. The minimum atomic E-state index is -3.10. The van der Waals surface area contributed by atoms with Crippen molar-refractivity contribution in [1.29, 1.82) is 0 Å². The molecule has 0 amide bonds. The molecule has 1 aromatic heterocycles. The Kier molecular flexibility index (Phi) is 4.71. The SMILES string of the molecule is CNc1cc(N2CCN(S(C)(=O)=O)CC2)nc(SC)n1. The molecule has 0 aromatic carbocycles. The van der Waals surface area contributed by atoms with Crippen LogP contribution in [0.3, 0.4) is 0 Å². The minimum absolute atomic E-state index is 0.492. The number of aromatic nitrogens is 2. The van der Waals surface area contributed by atoms with E-state index in [-0.39, 0.29) is 0 Å². The fourth-order valence-electron chi connectivity index (χ4n) is 2.04. The first-order chi connectivity index (χ1) is 9.44. The number of rotatable bonds is 4. The summed E-state index contributed by atoms with van der Waals surface area (Å²) in [5.41, 5.74) is 0. The first kappa shape index (κ1) is 15.3. The van der Waals surface area contributed by atoms with Crippen LogP contribution in [0.2, 0.25) is 0 Å². The van der Waals surface area contributed by atoms with Crippen molar-refractivity contribution in [3.8, 4) is 0 Å². The molecule has 0 spiro atoms. The normalized spacial score (nSPS) is 17.2. The van der Waals surface area contributed by atoms with Gasteiger partial charge in [-0.3, -0.25) is 0 Å². The van der Waals surface area contributed by atoms with Gasteiger partial charge in [0.2, 0.25) is 10.0 Å². The fraction of sp³-hybridized carbons (Fsp3) is 0.636. The topological polar surface area (TPSA) is 78.4 Å². The van der Waals surface area contributed by atoms with Gasteiger partial charge in [0.25, 0.3) is 0 Å². The number of nitrogens with zero attached hydrogens (tertiary/aromatic N) is 4. The van der Waals surface area contributed by atoms with Gasteiger partial charge in [0, 0.05) is 39.3 Å². The molecule has 2 heterocycles. The molecule has 2 rings (SSSR count). The van der Waals surface area contributed by atoms with E-state index in [0.29, 0.717) is 31.3 Å². The third-order valence-electron chi connectivity index (χ3n) is 3.16. The van der Waals surface area contributed by atoms with Crippen LogP contribution >= 0.6 is 11.8 Å². The largest absolute Gasteiger partial charge is 0.373 e. The first-order valence-corrected chi connectivity index (χ1v) is 9.32. The molecule has 0 aliphatic carbocycles. The molecular formula is C11H19N5O2S2. The lowest BCUT2D eigenvalue weighted by molar-refractivity contribution is 0.386. The van der Waals surface area contributed by atoms with Gasteiger partial charge < -0.3 is 10.2 Å². The van der Waals surface area contributed by atoms with Crippen molar-refractivity contribution >= 4 is 33.4 Å². The third-order valence-corrected chi connectivity index (χ3v) is 5.01. The van der Waals surface area contributed by atoms with E-state index in [2.05, 4.69) is 20.2 Å². The summed E-state index contributed by atoms with van der Waals surface area (Å²) in [7, 11) is -1.28. The molecule has 9 heteroatoms. The summed E-state index contributed by atoms with van der Waals surface area (Å²) >= 11 is 1.49. The van der Waals surface area contributed by atoms with Gasteiger partial charge in [0.05, 0.1) is 6.26 Å². The van der Waals surface area contributed by atoms with Crippen molar-refractivity contribution in [3.63, 3.8) is 0 Å². The predicted molar refractivity (Wildman–Crippen MR) is 82.0 cm³/mol. The summed E-state index contributed by atoms with van der Waals surface area (Å²) in [6.07, 6.45) is 3.18. The molecule has 1 aromatic rings. The Balaban J connectivity index is 2.14. The highest BCUT2D eigenvalue weighted by Gasteiger charge is 2.24. The Hall–Kier alpha value is -1.06. The van der Waals surface area contributed by atoms with Gasteiger partial charge in [-0.05, 0) is 6.26 Å². The smallest absolute Gasteiger partial charge is 0.211 e. The minimum Gasteiger partial charge on any atom is -0.373 e. The molecule has 0 bridgehead atoms. The van der Waals surface area contributed by atoms with Crippen molar-refractivity contribution in [2.75, 3.05) is 56.0 Å². The molecule has 1 aliphatic rings. The third kappa shape index (κ3) is 3.53. The summed E-state index contributed by atoms with van der Waals surface area (Å²) in [5, 5.41) is 3.72. The Morgan fingerprint density at radius 3 is 2.40 bits per heavy atom. The summed E-state index contributed by atoms with van der Waals surface area (Å²) < 4.78 is 24.5. The molecular weight excluding hydrogens is 298 g/mol. The molecule has 0 atom stereocenters. The van der Waals surface area contributed by atoms with E-state index in [4.69, 9.17) is 0 Å². The van der Waals surface area contributed by atoms with Gasteiger partial charge in [0.1, 0.15) is 11.6 Å². The predicted octanol–water partition coefficient (Wildman–Crippen LogP) is 0.322. The van der Waals surface area contributed by atoms with Crippen LogP contribution in [0.15, 0.2) is 11.2 Å². The molecule has 1 N–H and O–H groups in total. The van der Waals surface area contributed by atoms with Crippen molar-refractivity contribution in [3.05, 3.63) is 6.07 Å². The van der Waals surface area contributed by atoms with E-state index >= 15 is 0 Å². The maximum absolute atomic E-state index is 11.5. The maximum atomic E-state index is 11.5. The second-order valence-corrected chi connectivity index (χ2v) is 7.25. The van der Waals surface area contributed by atoms with Gasteiger partial charge in [-0.1, -0.05) is 11.8 Å². The van der Waals surface area contributed by atoms with Crippen LogP contribution in [0.4, 0.5) is 11.6 Å². The summed E-state index contributed by atoms with van der Waals surface area (Å²) in [4.78, 5) is 10.9. The van der Waals surface area contributed by atoms with Gasteiger partial charge in [-0.2, -0.15) is 4.31 Å². The van der Waals surface area contributed by atoms with Crippen molar-refractivity contribution < 1.29 is 8.42 Å². The molecule has 0 unspecified atom stereocenters. The average Bonchev–Trinajstić information content (AvgIpc) is 2.46. The standard InChI is InChI=1S/C11H19N5O2S2/c1-12-9-8-10(14-11(13-9)19-2)15-4-6-16(7-5-15)20(3,17)18/h8H,4-7H2,1-3H3,(H,12,13,14). The average molecular weight is 317 g/mol. The zero-order valence-electron chi connectivity index (χ0n) is 11.8. The Labute approximate surface area is 123 Å². The van der Waals surface area contributed by atoms with E-state index in [1.807, 2.05) is 19.4 Å². The van der Waals surface area contributed by atoms with Crippen molar-refractivity contribution in [1.82, 2.24) is 14.3 Å². The lowest BCUT2D eigenvalue weighted by Crippen LogP contribution is -2.48. The van der Waals surface area contributed by atoms with Crippen LogP contribution in [0.5, 0.6) is 0 Å². The monoisotopic (exact) mass is 317 g/mol. The summed E-state index contributed by atoms with van der Waals surface area (Å²) in [6, 6.07) is 1.88. The number of nitrogens with one attached hydrogen (secondary N) is 1.